The highest BCUT2D eigenvalue weighted by molar-refractivity contribution is 7.85. The minimum atomic E-state index is -1.36. The second-order valence-electron chi connectivity index (χ2n) is 9.01. The number of hydrogen-bond acceptors (Lipinski definition) is 7. The number of aliphatic imine (C=N–C) groups is 1. The van der Waals surface area contributed by atoms with Crippen molar-refractivity contribution in [2.75, 3.05) is 27.4 Å². The largest absolute Gasteiger partial charge is 0.493 e. The van der Waals surface area contributed by atoms with E-state index in [0.29, 0.717) is 41.3 Å². The van der Waals surface area contributed by atoms with Crippen LogP contribution in [-0.2, 0) is 20.3 Å². The van der Waals surface area contributed by atoms with Crippen LogP contribution >= 0.6 is 0 Å². The van der Waals surface area contributed by atoms with Gasteiger partial charge in [0.15, 0.2) is 17.8 Å². The van der Waals surface area contributed by atoms with E-state index in [9.17, 15) is 4.21 Å². The molecule has 3 aromatic carbocycles. The highest BCUT2D eigenvalue weighted by atomic mass is 32.2. The summed E-state index contributed by atoms with van der Waals surface area (Å²) in [6.45, 7) is 3.04. The Bertz CT molecular complexity index is 1270. The summed E-state index contributed by atoms with van der Waals surface area (Å²) < 4.78 is 42.6. The van der Waals surface area contributed by atoms with Crippen molar-refractivity contribution in [3.8, 4) is 17.2 Å². The van der Waals surface area contributed by atoms with Gasteiger partial charge in [0.25, 0.3) is 0 Å². The Labute approximate surface area is 219 Å². The lowest BCUT2D eigenvalue weighted by Crippen LogP contribution is -2.25. The average molecular weight is 522 g/mol. The number of benzene rings is 3. The molecule has 0 radical (unpaired) electrons. The summed E-state index contributed by atoms with van der Waals surface area (Å²) in [7, 11) is 1.84. The van der Waals surface area contributed by atoms with Crippen molar-refractivity contribution in [2.45, 2.75) is 48.3 Å². The predicted molar refractivity (Wildman–Crippen MR) is 141 cm³/mol. The van der Waals surface area contributed by atoms with Crippen molar-refractivity contribution in [3.05, 3.63) is 77.4 Å². The maximum absolute atomic E-state index is 13.4. The zero-order chi connectivity index (χ0) is 25.8. The molecule has 194 valence electrons. The molecule has 0 amide bonds. The monoisotopic (exact) mass is 521 g/mol. The van der Waals surface area contributed by atoms with Gasteiger partial charge in [-0.05, 0) is 61.7 Å². The van der Waals surface area contributed by atoms with Crippen LogP contribution in [0.5, 0.6) is 17.2 Å². The molecule has 7 nitrogen and oxygen atoms in total. The summed E-state index contributed by atoms with van der Waals surface area (Å²) in [5.41, 5.74) is 2.71. The van der Waals surface area contributed by atoms with Gasteiger partial charge in [0.05, 0.1) is 42.1 Å². The quantitative estimate of drug-likeness (QED) is 0.384. The highest BCUT2D eigenvalue weighted by Crippen LogP contribution is 2.43. The van der Waals surface area contributed by atoms with Crippen LogP contribution in [0.15, 0.2) is 75.4 Å². The van der Waals surface area contributed by atoms with Crippen LogP contribution in [0.3, 0.4) is 0 Å². The van der Waals surface area contributed by atoms with Crippen LogP contribution in [-0.4, -0.2) is 43.8 Å². The summed E-state index contributed by atoms with van der Waals surface area (Å²) in [6.07, 6.45) is 2.59. The maximum Gasteiger partial charge on any atom is 0.218 e. The van der Waals surface area contributed by atoms with E-state index in [-0.39, 0.29) is 12.3 Å². The maximum atomic E-state index is 13.4. The molecule has 0 bridgehead atoms. The summed E-state index contributed by atoms with van der Waals surface area (Å²) in [6, 6.07) is 18.8. The van der Waals surface area contributed by atoms with Crippen molar-refractivity contribution in [3.63, 3.8) is 0 Å². The Balaban J connectivity index is 1.43. The molecular weight excluding hydrogens is 490 g/mol. The lowest BCUT2D eigenvalue weighted by atomic mass is 10.1. The van der Waals surface area contributed by atoms with Crippen LogP contribution in [0.2, 0.25) is 0 Å². The van der Waals surface area contributed by atoms with Gasteiger partial charge in [-0.15, -0.1) is 0 Å². The van der Waals surface area contributed by atoms with Crippen molar-refractivity contribution < 1.29 is 27.9 Å². The second kappa shape index (κ2) is 11.4. The fourth-order valence-electron chi connectivity index (χ4n) is 4.43. The fourth-order valence-corrected chi connectivity index (χ4v) is 5.62. The Hall–Kier alpha value is -3.36. The third kappa shape index (κ3) is 5.50. The second-order valence-corrected chi connectivity index (χ2v) is 10.5. The van der Waals surface area contributed by atoms with E-state index in [1.165, 1.54) is 0 Å². The Morgan fingerprint density at radius 1 is 0.973 bits per heavy atom. The standard InChI is InChI=1S/C29H31NO6S/c1-19-11-13-21(14-12-19)37(31)26-9-5-4-8-22(26)29-30-23(18-35-29)20-16-24(32-2)28(25(17-20)33-3)36-27-10-6-7-15-34-27/h4-5,8-9,11-14,16-17,23,27H,6-7,10,15,18H2,1-3H3/t23-,27+,37+/m1/s1. The van der Waals surface area contributed by atoms with Gasteiger partial charge < -0.3 is 23.7 Å². The minimum Gasteiger partial charge on any atom is -0.493 e. The number of ether oxygens (including phenoxy) is 5. The van der Waals surface area contributed by atoms with Crippen molar-refractivity contribution in [1.29, 1.82) is 0 Å². The van der Waals surface area contributed by atoms with Crippen LogP contribution in [0.1, 0.15) is 42.0 Å². The van der Waals surface area contributed by atoms with E-state index in [0.717, 1.165) is 40.8 Å². The predicted octanol–water partition coefficient (Wildman–Crippen LogP) is 5.60. The first-order chi connectivity index (χ1) is 18.1. The molecule has 0 N–H and O–H groups in total. The lowest BCUT2D eigenvalue weighted by molar-refractivity contribution is -0.107. The zero-order valence-electron chi connectivity index (χ0n) is 21.3. The van der Waals surface area contributed by atoms with Gasteiger partial charge in [-0.1, -0.05) is 29.8 Å². The average Bonchev–Trinajstić information content (AvgIpc) is 3.44. The molecule has 0 unspecified atom stereocenters. The van der Waals surface area contributed by atoms with Gasteiger partial charge in [0.2, 0.25) is 11.6 Å². The molecule has 1 fully saturated rings. The first-order valence-corrected chi connectivity index (χ1v) is 13.5. The van der Waals surface area contributed by atoms with E-state index >= 15 is 0 Å². The molecule has 2 aliphatic rings. The fraction of sp³-hybridized carbons (Fsp3) is 0.345. The van der Waals surface area contributed by atoms with Crippen LogP contribution in [0, 0.1) is 6.92 Å². The molecule has 2 aliphatic heterocycles. The number of hydrogen-bond donors (Lipinski definition) is 0. The Kier molecular flexibility index (Phi) is 7.76. The molecule has 0 spiro atoms. The Morgan fingerprint density at radius 2 is 1.70 bits per heavy atom. The summed E-state index contributed by atoms with van der Waals surface area (Å²) in [5.74, 6) is 2.08. The first kappa shape index (κ1) is 25.3. The van der Waals surface area contributed by atoms with Crippen molar-refractivity contribution in [2.24, 2.45) is 4.99 Å². The highest BCUT2D eigenvalue weighted by Gasteiger charge is 2.28. The van der Waals surface area contributed by atoms with Crippen molar-refractivity contribution >= 4 is 16.7 Å². The number of rotatable bonds is 8. The third-order valence-corrected chi connectivity index (χ3v) is 7.91. The molecule has 8 heteroatoms. The molecule has 0 saturated carbocycles. The topological polar surface area (TPSA) is 75.6 Å². The van der Waals surface area contributed by atoms with E-state index in [1.807, 2.05) is 67.6 Å². The smallest absolute Gasteiger partial charge is 0.218 e. The number of nitrogens with zero attached hydrogens (tertiary/aromatic N) is 1. The molecule has 5 rings (SSSR count). The van der Waals surface area contributed by atoms with Gasteiger partial charge in [-0.3, -0.25) is 0 Å². The molecule has 0 aromatic heterocycles. The van der Waals surface area contributed by atoms with Gasteiger partial charge in [-0.25, -0.2) is 9.20 Å². The number of aryl methyl sites for hydroxylation is 1. The van der Waals surface area contributed by atoms with Gasteiger partial charge in [0, 0.05) is 11.3 Å². The Morgan fingerprint density at radius 3 is 2.38 bits per heavy atom. The SMILES string of the molecule is COc1cc([C@H]2COC(c3ccccc3[S@@](=O)c3ccc(C)cc3)=N2)cc(OC)c1O[C@H]1CCCCO1. The third-order valence-electron chi connectivity index (χ3n) is 6.46. The van der Waals surface area contributed by atoms with Crippen LogP contribution < -0.4 is 14.2 Å². The van der Waals surface area contributed by atoms with Crippen molar-refractivity contribution in [1.82, 2.24) is 0 Å². The molecule has 1 saturated heterocycles. The van der Waals surface area contributed by atoms with Gasteiger partial charge in [0.1, 0.15) is 12.6 Å². The lowest BCUT2D eigenvalue weighted by Gasteiger charge is -2.25. The minimum absolute atomic E-state index is 0.279. The van der Waals surface area contributed by atoms with Crippen LogP contribution in [0.4, 0.5) is 0 Å². The summed E-state index contributed by atoms with van der Waals surface area (Å²) in [4.78, 5) is 6.26. The van der Waals surface area contributed by atoms with E-state index in [2.05, 4.69) is 0 Å². The summed E-state index contributed by atoms with van der Waals surface area (Å²) in [5, 5.41) is 0. The number of methoxy groups -OCH3 is 2. The molecule has 3 atom stereocenters. The van der Waals surface area contributed by atoms with E-state index < -0.39 is 10.8 Å². The van der Waals surface area contributed by atoms with E-state index in [1.54, 1.807) is 14.2 Å². The van der Waals surface area contributed by atoms with E-state index in [4.69, 9.17) is 28.7 Å². The molecular formula is C29H31NO6S. The summed E-state index contributed by atoms with van der Waals surface area (Å²) >= 11 is 0. The first-order valence-electron chi connectivity index (χ1n) is 12.4. The molecule has 2 heterocycles. The van der Waals surface area contributed by atoms with Gasteiger partial charge in [-0.2, -0.15) is 0 Å². The molecule has 0 aliphatic carbocycles. The zero-order valence-corrected chi connectivity index (χ0v) is 22.1. The molecule has 3 aromatic rings. The normalized spacial score (nSPS) is 20.0. The van der Waals surface area contributed by atoms with Crippen LogP contribution in [0.25, 0.3) is 0 Å². The molecule has 37 heavy (non-hydrogen) atoms. The van der Waals surface area contributed by atoms with Gasteiger partial charge >= 0.3 is 0 Å².